The summed E-state index contributed by atoms with van der Waals surface area (Å²) < 4.78 is 0. The Kier molecular flexibility index (Phi) is 3.25. The monoisotopic (exact) mass is 261 g/mol. The van der Waals surface area contributed by atoms with E-state index in [9.17, 15) is 4.79 Å². The van der Waals surface area contributed by atoms with Crippen molar-refractivity contribution in [1.29, 1.82) is 0 Å². The van der Waals surface area contributed by atoms with Crippen molar-refractivity contribution in [2.75, 3.05) is 6.54 Å². The van der Waals surface area contributed by atoms with E-state index in [1.807, 2.05) is 11.3 Å². The van der Waals surface area contributed by atoms with Crippen LogP contribution in [0.1, 0.15) is 37.0 Å². The van der Waals surface area contributed by atoms with Crippen molar-refractivity contribution in [3.05, 3.63) is 34.5 Å². The van der Waals surface area contributed by atoms with E-state index >= 15 is 0 Å². The normalized spacial score (nSPS) is 24.8. The summed E-state index contributed by atoms with van der Waals surface area (Å²) in [5.74, 6) is 0.455. The molecule has 0 radical (unpaired) electrons. The molecule has 18 heavy (non-hydrogen) atoms. The summed E-state index contributed by atoms with van der Waals surface area (Å²) in [5.41, 5.74) is 0.272. The highest BCUT2D eigenvalue weighted by atomic mass is 32.1. The molecule has 1 amide bonds. The average Bonchev–Trinajstić information content (AvgIpc) is 3.00. The van der Waals surface area contributed by atoms with Crippen molar-refractivity contribution < 1.29 is 4.79 Å². The third-order valence-corrected chi connectivity index (χ3v) is 5.25. The Morgan fingerprint density at radius 2 is 2.33 bits per heavy atom. The Morgan fingerprint density at radius 1 is 1.44 bits per heavy atom. The van der Waals surface area contributed by atoms with Crippen LogP contribution < -0.4 is 5.32 Å². The van der Waals surface area contributed by atoms with Crippen molar-refractivity contribution in [2.24, 2.45) is 5.92 Å². The highest BCUT2D eigenvalue weighted by Gasteiger charge is 2.45. The molecule has 1 N–H and O–H groups in total. The van der Waals surface area contributed by atoms with Gasteiger partial charge in [-0.15, -0.1) is 11.3 Å². The van der Waals surface area contributed by atoms with E-state index in [0.29, 0.717) is 0 Å². The van der Waals surface area contributed by atoms with Gasteiger partial charge in [0, 0.05) is 22.8 Å². The van der Waals surface area contributed by atoms with Gasteiger partial charge in [0.2, 0.25) is 5.91 Å². The van der Waals surface area contributed by atoms with Gasteiger partial charge in [0.15, 0.2) is 0 Å². The van der Waals surface area contributed by atoms with Crippen LogP contribution in [0.25, 0.3) is 0 Å². The zero-order valence-corrected chi connectivity index (χ0v) is 11.3. The van der Waals surface area contributed by atoms with Gasteiger partial charge in [0.05, 0.1) is 0 Å². The Morgan fingerprint density at radius 3 is 2.94 bits per heavy atom. The van der Waals surface area contributed by atoms with Crippen LogP contribution in [-0.4, -0.2) is 12.5 Å². The average molecular weight is 261 g/mol. The second kappa shape index (κ2) is 4.88. The molecule has 0 aromatic carbocycles. The second-order valence-electron chi connectivity index (χ2n) is 5.46. The molecule has 1 atom stereocenters. The van der Waals surface area contributed by atoms with Crippen molar-refractivity contribution in [2.45, 2.75) is 37.5 Å². The van der Waals surface area contributed by atoms with E-state index < -0.39 is 0 Å². The topological polar surface area (TPSA) is 29.1 Å². The van der Waals surface area contributed by atoms with Gasteiger partial charge in [0.1, 0.15) is 0 Å². The van der Waals surface area contributed by atoms with Crippen LogP contribution in [0.3, 0.4) is 0 Å². The van der Waals surface area contributed by atoms with Crippen LogP contribution >= 0.6 is 11.3 Å². The SMILES string of the molecule is O=C(NCC1(c2cccs2)CC1)[C@H]1CC=CCC1. The molecule has 2 nitrogen and oxygen atoms in total. The summed E-state index contributed by atoms with van der Waals surface area (Å²) in [6, 6.07) is 4.31. The maximum Gasteiger partial charge on any atom is 0.223 e. The van der Waals surface area contributed by atoms with Crippen LogP contribution in [0, 0.1) is 5.92 Å². The molecule has 96 valence electrons. The first-order valence-corrected chi connectivity index (χ1v) is 7.65. The van der Waals surface area contributed by atoms with Crippen molar-refractivity contribution >= 4 is 17.2 Å². The molecule has 1 aromatic rings. The molecule has 0 aliphatic heterocycles. The van der Waals surface area contributed by atoms with E-state index in [2.05, 4.69) is 35.0 Å². The Hall–Kier alpha value is -1.09. The maximum atomic E-state index is 12.1. The van der Waals surface area contributed by atoms with Crippen LogP contribution in [0.5, 0.6) is 0 Å². The minimum absolute atomic E-state index is 0.203. The van der Waals surface area contributed by atoms with Gasteiger partial charge >= 0.3 is 0 Å². The van der Waals surface area contributed by atoms with Crippen molar-refractivity contribution in [3.63, 3.8) is 0 Å². The zero-order chi connectivity index (χ0) is 12.4. The predicted octanol–water partition coefficient (Wildman–Crippen LogP) is 3.25. The van der Waals surface area contributed by atoms with Gasteiger partial charge in [-0.05, 0) is 43.6 Å². The van der Waals surface area contributed by atoms with Gasteiger partial charge in [-0.25, -0.2) is 0 Å². The van der Waals surface area contributed by atoms with E-state index in [1.165, 1.54) is 17.7 Å². The number of thiophene rings is 1. The van der Waals surface area contributed by atoms with Crippen molar-refractivity contribution in [3.8, 4) is 0 Å². The number of rotatable bonds is 4. The summed E-state index contributed by atoms with van der Waals surface area (Å²) in [5, 5.41) is 5.31. The second-order valence-corrected chi connectivity index (χ2v) is 6.40. The number of hydrogen-bond acceptors (Lipinski definition) is 2. The summed E-state index contributed by atoms with van der Waals surface area (Å²) in [4.78, 5) is 13.5. The number of allylic oxidation sites excluding steroid dienone is 2. The number of carbonyl (C=O) groups is 1. The predicted molar refractivity (Wildman–Crippen MR) is 74.7 cm³/mol. The Bertz CT molecular complexity index is 445. The summed E-state index contributed by atoms with van der Waals surface area (Å²) in [6.07, 6.45) is 9.73. The summed E-state index contributed by atoms with van der Waals surface area (Å²) in [6.45, 7) is 0.826. The zero-order valence-electron chi connectivity index (χ0n) is 10.5. The van der Waals surface area contributed by atoms with Gasteiger partial charge in [-0.2, -0.15) is 0 Å². The van der Waals surface area contributed by atoms with Gasteiger partial charge in [-0.3, -0.25) is 4.79 Å². The molecule has 1 aromatic heterocycles. The van der Waals surface area contributed by atoms with Crippen LogP contribution in [-0.2, 0) is 10.2 Å². The van der Waals surface area contributed by atoms with E-state index in [1.54, 1.807) is 0 Å². The third-order valence-electron chi connectivity index (χ3n) is 4.14. The van der Waals surface area contributed by atoms with Crippen LogP contribution in [0.4, 0.5) is 0 Å². The standard InChI is InChI=1S/C15H19NOS/c17-14(12-5-2-1-3-6-12)16-11-15(8-9-15)13-7-4-10-18-13/h1-2,4,7,10,12H,3,5-6,8-9,11H2,(H,16,17)/t12-/m0/s1. The van der Waals surface area contributed by atoms with Gasteiger partial charge in [-0.1, -0.05) is 18.2 Å². The Labute approximate surface area is 112 Å². The van der Waals surface area contributed by atoms with Crippen molar-refractivity contribution in [1.82, 2.24) is 5.32 Å². The molecular weight excluding hydrogens is 242 g/mol. The van der Waals surface area contributed by atoms with Crippen LogP contribution in [0.15, 0.2) is 29.7 Å². The van der Waals surface area contributed by atoms with E-state index in [-0.39, 0.29) is 17.2 Å². The molecule has 0 saturated heterocycles. The minimum Gasteiger partial charge on any atom is -0.355 e. The lowest BCUT2D eigenvalue weighted by molar-refractivity contribution is -0.125. The lowest BCUT2D eigenvalue weighted by atomic mass is 9.93. The number of carbonyl (C=O) groups excluding carboxylic acids is 1. The maximum absolute atomic E-state index is 12.1. The molecule has 0 spiro atoms. The Balaban J connectivity index is 1.55. The first-order valence-electron chi connectivity index (χ1n) is 6.77. The summed E-state index contributed by atoms with van der Waals surface area (Å²) >= 11 is 1.82. The quantitative estimate of drug-likeness (QED) is 0.828. The fourth-order valence-corrected chi connectivity index (χ4v) is 3.66. The molecule has 3 rings (SSSR count). The van der Waals surface area contributed by atoms with E-state index in [4.69, 9.17) is 0 Å². The van der Waals surface area contributed by atoms with Gasteiger partial charge in [0.25, 0.3) is 0 Å². The number of hydrogen-bond donors (Lipinski definition) is 1. The fourth-order valence-electron chi connectivity index (χ4n) is 2.67. The minimum atomic E-state index is 0.203. The molecule has 0 unspecified atom stereocenters. The molecular formula is C15H19NOS. The molecule has 1 heterocycles. The molecule has 2 aliphatic rings. The highest BCUT2D eigenvalue weighted by molar-refractivity contribution is 7.10. The highest BCUT2D eigenvalue weighted by Crippen LogP contribution is 2.49. The molecule has 3 heteroatoms. The van der Waals surface area contributed by atoms with E-state index in [0.717, 1.165) is 25.8 Å². The first kappa shape index (κ1) is 12.0. The molecule has 1 saturated carbocycles. The van der Waals surface area contributed by atoms with Crippen LogP contribution in [0.2, 0.25) is 0 Å². The van der Waals surface area contributed by atoms with Gasteiger partial charge < -0.3 is 5.32 Å². The molecule has 0 bridgehead atoms. The summed E-state index contributed by atoms with van der Waals surface area (Å²) in [7, 11) is 0. The molecule has 1 fully saturated rings. The fraction of sp³-hybridized carbons (Fsp3) is 0.533. The lowest BCUT2D eigenvalue weighted by Gasteiger charge is -2.20. The lowest BCUT2D eigenvalue weighted by Crippen LogP contribution is -2.36. The number of amides is 1. The third kappa shape index (κ3) is 2.37. The number of nitrogens with one attached hydrogen (secondary N) is 1. The molecule has 2 aliphatic carbocycles. The largest absolute Gasteiger partial charge is 0.355 e. The smallest absolute Gasteiger partial charge is 0.223 e. The first-order chi connectivity index (χ1) is 8.80.